The van der Waals surface area contributed by atoms with Gasteiger partial charge >= 0.3 is 5.97 Å². The van der Waals surface area contributed by atoms with Gasteiger partial charge in [0.05, 0.1) is 24.2 Å². The number of rotatable bonds is 5. The van der Waals surface area contributed by atoms with E-state index in [2.05, 4.69) is 5.32 Å². The molecule has 1 N–H and O–H groups in total. The summed E-state index contributed by atoms with van der Waals surface area (Å²) in [6.45, 7) is 2.46. The van der Waals surface area contributed by atoms with Gasteiger partial charge in [0, 0.05) is 11.6 Å². The van der Waals surface area contributed by atoms with E-state index in [1.165, 1.54) is 0 Å². The summed E-state index contributed by atoms with van der Waals surface area (Å²) >= 11 is 0. The minimum absolute atomic E-state index is 0.00228. The van der Waals surface area contributed by atoms with Crippen LogP contribution in [0.3, 0.4) is 0 Å². The average molecular weight is 314 g/mol. The molecular formula is C18H20NO4-. The van der Waals surface area contributed by atoms with E-state index in [9.17, 15) is 14.7 Å². The van der Waals surface area contributed by atoms with Crippen LogP contribution in [0.2, 0.25) is 0 Å². The van der Waals surface area contributed by atoms with Gasteiger partial charge in [0.15, 0.2) is 0 Å². The fourth-order valence-electron chi connectivity index (χ4n) is 3.35. The van der Waals surface area contributed by atoms with E-state index in [1.807, 2.05) is 25.1 Å². The lowest BCUT2D eigenvalue weighted by Gasteiger charge is -2.37. The molecule has 0 radical (unpaired) electrons. The van der Waals surface area contributed by atoms with Crippen molar-refractivity contribution in [1.29, 1.82) is 0 Å². The molecular weight excluding hydrogens is 294 g/mol. The third kappa shape index (κ3) is 2.96. The number of benzene rings is 1. The maximum Gasteiger partial charge on any atom is 0.338 e. The van der Waals surface area contributed by atoms with Gasteiger partial charge in [0.2, 0.25) is 0 Å². The van der Waals surface area contributed by atoms with Crippen molar-refractivity contribution in [2.75, 3.05) is 11.9 Å². The summed E-state index contributed by atoms with van der Waals surface area (Å²) in [5.74, 6) is -1.49. The van der Waals surface area contributed by atoms with Crippen LogP contribution in [0, 0.1) is 5.92 Å². The maximum absolute atomic E-state index is 12.1. The number of nitrogens with one attached hydrogen (secondary N) is 1. The van der Waals surface area contributed by atoms with Gasteiger partial charge < -0.3 is 20.0 Å². The quantitative estimate of drug-likeness (QED) is 0.510. The van der Waals surface area contributed by atoms with E-state index in [0.29, 0.717) is 18.6 Å². The average Bonchev–Trinajstić information content (AvgIpc) is 3.03. The number of aliphatic carboxylic acids is 1. The summed E-state index contributed by atoms with van der Waals surface area (Å²) in [5, 5.41) is 14.4. The van der Waals surface area contributed by atoms with Crippen LogP contribution in [0.1, 0.15) is 48.0 Å². The molecule has 5 heteroatoms. The van der Waals surface area contributed by atoms with Crippen LogP contribution in [-0.2, 0) is 9.53 Å². The molecule has 1 aliphatic carbocycles. The number of ether oxygens (including phenoxy) is 1. The Labute approximate surface area is 135 Å². The molecule has 0 aromatic heterocycles. The highest BCUT2D eigenvalue weighted by molar-refractivity contribution is 5.91. The van der Waals surface area contributed by atoms with Crippen molar-refractivity contribution in [3.63, 3.8) is 0 Å². The summed E-state index contributed by atoms with van der Waals surface area (Å²) in [5.41, 5.74) is 2.20. The number of carboxylic acid groups (broad SMARTS) is 1. The van der Waals surface area contributed by atoms with Gasteiger partial charge in [-0.2, -0.15) is 0 Å². The van der Waals surface area contributed by atoms with Crippen molar-refractivity contribution in [2.24, 2.45) is 5.92 Å². The lowest BCUT2D eigenvalue weighted by Crippen LogP contribution is -2.48. The highest BCUT2D eigenvalue weighted by Crippen LogP contribution is 2.44. The number of fused-ring (bicyclic) bond motifs is 3. The lowest BCUT2D eigenvalue weighted by molar-refractivity contribution is -0.308. The maximum atomic E-state index is 12.1. The fraction of sp³-hybridized carbons (Fsp3) is 0.444. The van der Waals surface area contributed by atoms with Crippen LogP contribution in [0.4, 0.5) is 5.69 Å². The molecule has 0 saturated heterocycles. The van der Waals surface area contributed by atoms with E-state index < -0.39 is 12.0 Å². The molecule has 0 spiro atoms. The molecule has 0 unspecified atom stereocenters. The zero-order chi connectivity index (χ0) is 16.4. The molecule has 0 bridgehead atoms. The number of hydrogen-bond donors (Lipinski definition) is 1. The second-order valence-electron chi connectivity index (χ2n) is 6.09. The van der Waals surface area contributed by atoms with E-state index in [1.54, 1.807) is 12.1 Å². The lowest BCUT2D eigenvalue weighted by atomic mass is 9.79. The van der Waals surface area contributed by atoms with Crippen LogP contribution in [0.15, 0.2) is 30.4 Å². The van der Waals surface area contributed by atoms with Crippen LogP contribution in [0.5, 0.6) is 0 Å². The number of carbonyl (C=O) groups is 2. The number of esters is 1. The Balaban J connectivity index is 1.85. The van der Waals surface area contributed by atoms with Gasteiger partial charge in [-0.15, -0.1) is 0 Å². The number of hydrogen-bond acceptors (Lipinski definition) is 5. The number of unbranched alkanes of at least 4 members (excludes halogenated alkanes) is 1. The Hall–Kier alpha value is -2.30. The van der Waals surface area contributed by atoms with Gasteiger partial charge in [-0.05, 0) is 42.5 Å². The predicted octanol–water partition coefficient (Wildman–Crippen LogP) is 1.85. The predicted molar refractivity (Wildman–Crippen MR) is 84.0 cm³/mol. The molecule has 3 rings (SSSR count). The third-order valence-electron chi connectivity index (χ3n) is 4.58. The summed E-state index contributed by atoms with van der Waals surface area (Å²) in [7, 11) is 0. The third-order valence-corrected chi connectivity index (χ3v) is 4.58. The van der Waals surface area contributed by atoms with E-state index in [-0.39, 0.29) is 17.8 Å². The number of anilines is 1. The Morgan fingerprint density at radius 2 is 2.22 bits per heavy atom. The summed E-state index contributed by atoms with van der Waals surface area (Å²) < 4.78 is 5.25. The van der Waals surface area contributed by atoms with E-state index >= 15 is 0 Å². The molecule has 23 heavy (non-hydrogen) atoms. The van der Waals surface area contributed by atoms with Crippen molar-refractivity contribution in [1.82, 2.24) is 0 Å². The monoisotopic (exact) mass is 314 g/mol. The zero-order valence-electron chi connectivity index (χ0n) is 13.1. The van der Waals surface area contributed by atoms with Crippen LogP contribution in [-0.4, -0.2) is 24.6 Å². The Bertz CT molecular complexity index is 652. The standard InChI is InChI=1S/C18H21NO4/c1-2-3-9-23-18(22)11-7-8-15-14(10-11)12-5-4-6-13(12)16(19-15)17(20)21/h4-5,7-8,10,12-13,16,19H,2-3,6,9H2,1H3,(H,20,21)/p-1/t12-,13-,16-/m1/s1. The van der Waals surface area contributed by atoms with Crippen molar-refractivity contribution in [3.8, 4) is 0 Å². The molecule has 0 amide bonds. The number of carbonyl (C=O) groups excluding carboxylic acids is 2. The molecule has 122 valence electrons. The van der Waals surface area contributed by atoms with Gasteiger partial charge in [0.1, 0.15) is 0 Å². The number of allylic oxidation sites excluding steroid dienone is 2. The molecule has 0 fully saturated rings. The van der Waals surface area contributed by atoms with Crippen LogP contribution >= 0.6 is 0 Å². The summed E-state index contributed by atoms with van der Waals surface area (Å²) in [6, 6.07) is 4.54. The first-order valence-corrected chi connectivity index (χ1v) is 8.07. The van der Waals surface area contributed by atoms with Crippen molar-refractivity contribution >= 4 is 17.6 Å². The SMILES string of the molecule is CCCCOC(=O)c1ccc2c(c1)[C@@H]1C=CC[C@H]1[C@H](C(=O)[O-])N2. The van der Waals surface area contributed by atoms with Gasteiger partial charge in [-0.1, -0.05) is 25.5 Å². The highest BCUT2D eigenvalue weighted by atomic mass is 16.5. The smallest absolute Gasteiger partial charge is 0.338 e. The van der Waals surface area contributed by atoms with Gasteiger partial charge in [0.25, 0.3) is 0 Å². The van der Waals surface area contributed by atoms with Crippen molar-refractivity contribution in [2.45, 2.75) is 38.1 Å². The Kier molecular flexibility index (Phi) is 4.37. The topological polar surface area (TPSA) is 78.5 Å². The molecule has 3 atom stereocenters. The Morgan fingerprint density at radius 3 is 2.96 bits per heavy atom. The van der Waals surface area contributed by atoms with E-state index in [0.717, 1.165) is 24.1 Å². The Morgan fingerprint density at radius 1 is 1.39 bits per heavy atom. The molecule has 1 aliphatic heterocycles. The normalized spacial score (nSPS) is 24.5. The van der Waals surface area contributed by atoms with Gasteiger partial charge in [-0.25, -0.2) is 4.79 Å². The molecule has 1 aromatic carbocycles. The molecule has 0 saturated carbocycles. The summed E-state index contributed by atoms with van der Waals surface area (Å²) in [6.07, 6.45) is 6.53. The minimum atomic E-state index is -1.09. The second-order valence-corrected chi connectivity index (χ2v) is 6.09. The molecule has 2 aliphatic rings. The first-order valence-electron chi connectivity index (χ1n) is 8.07. The first kappa shape index (κ1) is 15.6. The van der Waals surface area contributed by atoms with Crippen LogP contribution < -0.4 is 10.4 Å². The largest absolute Gasteiger partial charge is 0.548 e. The van der Waals surface area contributed by atoms with Crippen molar-refractivity contribution < 1.29 is 19.4 Å². The molecule has 1 aromatic rings. The summed E-state index contributed by atoms with van der Waals surface area (Å²) in [4.78, 5) is 23.5. The minimum Gasteiger partial charge on any atom is -0.548 e. The fourth-order valence-corrected chi connectivity index (χ4v) is 3.35. The molecule has 5 nitrogen and oxygen atoms in total. The van der Waals surface area contributed by atoms with Crippen LogP contribution in [0.25, 0.3) is 0 Å². The van der Waals surface area contributed by atoms with Crippen molar-refractivity contribution in [3.05, 3.63) is 41.5 Å². The first-order chi connectivity index (χ1) is 11.1. The van der Waals surface area contributed by atoms with E-state index in [4.69, 9.17) is 4.74 Å². The highest BCUT2D eigenvalue weighted by Gasteiger charge is 2.38. The zero-order valence-corrected chi connectivity index (χ0v) is 13.1. The van der Waals surface area contributed by atoms with Gasteiger partial charge in [-0.3, -0.25) is 0 Å². The second kappa shape index (κ2) is 6.44. The number of carboxylic acids is 1. The molecule has 1 heterocycles.